The molecule has 0 saturated carbocycles. The highest BCUT2D eigenvalue weighted by Crippen LogP contribution is 2.13. The summed E-state index contributed by atoms with van der Waals surface area (Å²) in [5.74, 6) is -0.815. The molecule has 1 aromatic rings. The topological polar surface area (TPSA) is 58.4 Å². The lowest BCUT2D eigenvalue weighted by molar-refractivity contribution is 0.0940. The molecular formula is C14H20FN3O. The highest BCUT2D eigenvalue weighted by atomic mass is 19.1. The Kier molecular flexibility index (Phi) is 4.37. The highest BCUT2D eigenvalue weighted by Gasteiger charge is 2.18. The Labute approximate surface area is 112 Å². The molecule has 0 spiro atoms. The van der Waals surface area contributed by atoms with E-state index >= 15 is 0 Å². The third-order valence-electron chi connectivity index (χ3n) is 3.58. The molecule has 1 aromatic carbocycles. The number of nitrogens with two attached hydrogens (primary N) is 1. The van der Waals surface area contributed by atoms with E-state index in [9.17, 15) is 9.18 Å². The molecule has 104 valence electrons. The van der Waals surface area contributed by atoms with Crippen molar-refractivity contribution in [3.05, 3.63) is 29.6 Å². The van der Waals surface area contributed by atoms with Crippen LogP contribution in [0, 0.1) is 5.82 Å². The van der Waals surface area contributed by atoms with Gasteiger partial charge in [0.15, 0.2) is 0 Å². The molecule has 1 unspecified atom stereocenters. The van der Waals surface area contributed by atoms with E-state index in [1.165, 1.54) is 31.0 Å². The Morgan fingerprint density at radius 2 is 2.16 bits per heavy atom. The number of amides is 1. The Hall–Kier alpha value is -1.62. The molecule has 1 saturated heterocycles. The van der Waals surface area contributed by atoms with Gasteiger partial charge < -0.3 is 11.1 Å². The summed E-state index contributed by atoms with van der Waals surface area (Å²) in [5, 5.41) is 2.83. The zero-order valence-electron chi connectivity index (χ0n) is 11.2. The summed E-state index contributed by atoms with van der Waals surface area (Å²) < 4.78 is 13.3. The number of nitrogen functional groups attached to an aromatic ring is 1. The van der Waals surface area contributed by atoms with E-state index in [4.69, 9.17) is 5.73 Å². The predicted octanol–water partition coefficient (Wildman–Crippen LogP) is 1.62. The van der Waals surface area contributed by atoms with Gasteiger partial charge in [0.25, 0.3) is 5.91 Å². The second-order valence-corrected chi connectivity index (χ2v) is 5.04. The van der Waals surface area contributed by atoms with Gasteiger partial charge in [0.2, 0.25) is 0 Å². The number of carbonyl (C=O) groups is 1. The maximum Gasteiger partial charge on any atom is 0.251 e. The normalized spacial score (nSPS) is 17.4. The second-order valence-electron chi connectivity index (χ2n) is 5.04. The van der Waals surface area contributed by atoms with Crippen LogP contribution in [0.3, 0.4) is 0 Å². The molecule has 1 fully saturated rings. The molecule has 0 aliphatic carbocycles. The number of hydrogen-bond acceptors (Lipinski definition) is 3. The quantitative estimate of drug-likeness (QED) is 0.813. The third kappa shape index (κ3) is 3.44. The van der Waals surface area contributed by atoms with E-state index < -0.39 is 5.82 Å². The van der Waals surface area contributed by atoms with E-state index in [1.807, 2.05) is 0 Å². The summed E-state index contributed by atoms with van der Waals surface area (Å²) in [4.78, 5) is 14.2. The van der Waals surface area contributed by atoms with Crippen molar-refractivity contribution in [3.63, 3.8) is 0 Å². The Balaban J connectivity index is 1.88. The van der Waals surface area contributed by atoms with E-state index in [1.54, 1.807) is 0 Å². The monoisotopic (exact) mass is 265 g/mol. The van der Waals surface area contributed by atoms with Gasteiger partial charge in [0.1, 0.15) is 5.82 Å². The Bertz CT molecular complexity index is 458. The largest absolute Gasteiger partial charge is 0.396 e. The van der Waals surface area contributed by atoms with Crippen molar-refractivity contribution in [2.24, 2.45) is 0 Å². The van der Waals surface area contributed by atoms with Gasteiger partial charge in [-0.25, -0.2) is 4.39 Å². The lowest BCUT2D eigenvalue weighted by atomic mass is 10.2. The van der Waals surface area contributed by atoms with Crippen molar-refractivity contribution in [1.29, 1.82) is 0 Å². The van der Waals surface area contributed by atoms with Gasteiger partial charge in [0.05, 0.1) is 5.69 Å². The van der Waals surface area contributed by atoms with Crippen molar-refractivity contribution < 1.29 is 9.18 Å². The number of nitrogens with one attached hydrogen (secondary N) is 1. The lowest BCUT2D eigenvalue weighted by Gasteiger charge is -2.23. The van der Waals surface area contributed by atoms with Crippen LogP contribution in [0.15, 0.2) is 18.2 Å². The number of anilines is 1. The highest BCUT2D eigenvalue weighted by molar-refractivity contribution is 5.94. The standard InChI is InChI=1S/C14H20FN3O/c1-10(18-6-2-3-7-18)9-17-14(19)11-4-5-13(16)12(15)8-11/h4-5,8,10H,2-3,6-7,9,16H2,1H3,(H,17,19). The first-order chi connectivity index (χ1) is 9.08. The van der Waals surface area contributed by atoms with Gasteiger partial charge in [0, 0.05) is 18.2 Å². The summed E-state index contributed by atoms with van der Waals surface area (Å²) in [6.45, 7) is 4.85. The van der Waals surface area contributed by atoms with Gasteiger partial charge in [-0.1, -0.05) is 0 Å². The number of halogens is 1. The average Bonchev–Trinajstić information content (AvgIpc) is 2.92. The fraction of sp³-hybridized carbons (Fsp3) is 0.500. The molecule has 2 rings (SSSR count). The van der Waals surface area contributed by atoms with Gasteiger partial charge >= 0.3 is 0 Å². The maximum absolute atomic E-state index is 13.3. The predicted molar refractivity (Wildman–Crippen MR) is 73.4 cm³/mol. The number of carbonyl (C=O) groups excluding carboxylic acids is 1. The number of benzene rings is 1. The number of rotatable bonds is 4. The van der Waals surface area contributed by atoms with Gasteiger partial charge in [-0.15, -0.1) is 0 Å². The van der Waals surface area contributed by atoms with Crippen molar-refractivity contribution in [3.8, 4) is 0 Å². The van der Waals surface area contributed by atoms with E-state index in [2.05, 4.69) is 17.1 Å². The molecule has 19 heavy (non-hydrogen) atoms. The number of hydrogen-bond donors (Lipinski definition) is 2. The zero-order valence-corrected chi connectivity index (χ0v) is 11.2. The number of nitrogens with zero attached hydrogens (tertiary/aromatic N) is 1. The minimum absolute atomic E-state index is 0.0574. The smallest absolute Gasteiger partial charge is 0.251 e. The average molecular weight is 265 g/mol. The summed E-state index contributed by atoms with van der Waals surface area (Å²) in [5.41, 5.74) is 5.74. The zero-order chi connectivity index (χ0) is 13.8. The Morgan fingerprint density at radius 3 is 2.79 bits per heavy atom. The van der Waals surface area contributed by atoms with Crippen LogP contribution in [0.5, 0.6) is 0 Å². The molecule has 1 heterocycles. The van der Waals surface area contributed by atoms with Crippen LogP contribution in [0.25, 0.3) is 0 Å². The first kappa shape index (κ1) is 13.8. The molecule has 0 bridgehead atoms. The Morgan fingerprint density at radius 1 is 1.47 bits per heavy atom. The molecule has 1 atom stereocenters. The third-order valence-corrected chi connectivity index (χ3v) is 3.58. The van der Waals surface area contributed by atoms with Crippen LogP contribution < -0.4 is 11.1 Å². The fourth-order valence-corrected chi connectivity index (χ4v) is 2.32. The van der Waals surface area contributed by atoms with Gasteiger partial charge in [-0.3, -0.25) is 9.69 Å². The molecule has 3 N–H and O–H groups in total. The molecular weight excluding hydrogens is 245 g/mol. The molecule has 1 aliphatic rings. The first-order valence-corrected chi connectivity index (χ1v) is 6.65. The molecule has 5 heteroatoms. The van der Waals surface area contributed by atoms with E-state index in [-0.39, 0.29) is 11.6 Å². The molecule has 0 aromatic heterocycles. The molecule has 1 aliphatic heterocycles. The summed E-state index contributed by atoms with van der Waals surface area (Å²) in [6.07, 6.45) is 2.45. The maximum atomic E-state index is 13.3. The lowest BCUT2D eigenvalue weighted by Crippen LogP contribution is -2.40. The van der Waals surface area contributed by atoms with Crippen LogP contribution >= 0.6 is 0 Å². The van der Waals surface area contributed by atoms with Crippen molar-refractivity contribution >= 4 is 11.6 Å². The van der Waals surface area contributed by atoms with Crippen LogP contribution in [-0.2, 0) is 0 Å². The minimum Gasteiger partial charge on any atom is -0.396 e. The van der Waals surface area contributed by atoms with Crippen LogP contribution in [-0.4, -0.2) is 36.5 Å². The number of likely N-dealkylation sites (tertiary alicyclic amines) is 1. The van der Waals surface area contributed by atoms with Crippen LogP contribution in [0.1, 0.15) is 30.1 Å². The fourth-order valence-electron chi connectivity index (χ4n) is 2.32. The van der Waals surface area contributed by atoms with E-state index in [0.29, 0.717) is 18.2 Å². The van der Waals surface area contributed by atoms with Crippen molar-refractivity contribution in [2.75, 3.05) is 25.4 Å². The van der Waals surface area contributed by atoms with E-state index in [0.717, 1.165) is 13.1 Å². The van der Waals surface area contributed by atoms with Crippen LogP contribution in [0.2, 0.25) is 0 Å². The van der Waals surface area contributed by atoms with Gasteiger partial charge in [-0.05, 0) is 51.1 Å². The van der Waals surface area contributed by atoms with Crippen molar-refractivity contribution in [1.82, 2.24) is 10.2 Å². The molecule has 4 nitrogen and oxygen atoms in total. The van der Waals surface area contributed by atoms with Crippen molar-refractivity contribution in [2.45, 2.75) is 25.8 Å². The molecule has 0 radical (unpaired) electrons. The minimum atomic E-state index is -0.555. The van der Waals surface area contributed by atoms with Crippen LogP contribution in [0.4, 0.5) is 10.1 Å². The summed E-state index contributed by atoms with van der Waals surface area (Å²) in [6, 6.07) is 4.43. The first-order valence-electron chi connectivity index (χ1n) is 6.65. The molecule has 1 amide bonds. The SMILES string of the molecule is CC(CNC(=O)c1ccc(N)c(F)c1)N1CCCC1. The van der Waals surface area contributed by atoms with Gasteiger partial charge in [-0.2, -0.15) is 0 Å². The summed E-state index contributed by atoms with van der Waals surface area (Å²) in [7, 11) is 0. The second kappa shape index (κ2) is 6.02. The summed E-state index contributed by atoms with van der Waals surface area (Å²) >= 11 is 0.